The maximum absolute atomic E-state index is 10.8. The van der Waals surface area contributed by atoms with Crippen molar-refractivity contribution in [1.29, 1.82) is 0 Å². The number of rotatable bonds is 2. The smallest absolute Gasteiger partial charge is 0.181 e. The zero-order chi connectivity index (χ0) is 9.26. The number of carbonyl (C=O) groups excluding carboxylic acids is 1. The maximum Gasteiger partial charge on any atom is 0.181 e. The molecule has 3 heteroatoms. The molecule has 0 saturated carbocycles. The van der Waals surface area contributed by atoms with Gasteiger partial charge in [-0.3, -0.25) is 4.79 Å². The molecular weight excluding hydrogens is 166 g/mol. The number of nitrogens with zero attached hydrogens (tertiary/aromatic N) is 1. The predicted molar refractivity (Wildman–Crippen MR) is 48.4 cm³/mol. The molecule has 3 nitrogen and oxygen atoms in total. The van der Waals surface area contributed by atoms with Crippen LogP contribution in [0.5, 0.6) is 0 Å². The van der Waals surface area contributed by atoms with Gasteiger partial charge >= 0.3 is 0 Å². The molecule has 1 aromatic heterocycles. The van der Waals surface area contributed by atoms with Gasteiger partial charge in [0.1, 0.15) is 11.3 Å². The van der Waals surface area contributed by atoms with Crippen molar-refractivity contribution in [2.45, 2.75) is 13.3 Å². The summed E-state index contributed by atoms with van der Waals surface area (Å²) in [6.45, 7) is 1.58. The first kappa shape index (κ1) is 7.98. The van der Waals surface area contributed by atoms with Crippen molar-refractivity contribution in [2.75, 3.05) is 0 Å². The number of hydrogen-bond donors (Lipinski definition) is 0. The molecule has 13 heavy (non-hydrogen) atoms. The number of ketones is 1. The van der Waals surface area contributed by atoms with Crippen LogP contribution in [0, 0.1) is 0 Å². The topological polar surface area (TPSA) is 43.1 Å². The Morgan fingerprint density at radius 2 is 2.38 bits per heavy atom. The van der Waals surface area contributed by atoms with Gasteiger partial charge in [0.25, 0.3) is 0 Å². The third-order valence-electron chi connectivity index (χ3n) is 1.85. The molecule has 0 N–H and O–H groups in total. The van der Waals surface area contributed by atoms with Gasteiger partial charge in [-0.25, -0.2) is 4.98 Å². The zero-order valence-electron chi connectivity index (χ0n) is 7.28. The van der Waals surface area contributed by atoms with Crippen LogP contribution >= 0.6 is 0 Å². The van der Waals surface area contributed by atoms with Crippen molar-refractivity contribution in [3.8, 4) is 0 Å². The van der Waals surface area contributed by atoms with E-state index in [2.05, 4.69) is 4.98 Å². The molecule has 0 spiro atoms. The third-order valence-corrected chi connectivity index (χ3v) is 1.85. The van der Waals surface area contributed by atoms with Crippen LogP contribution in [0.15, 0.2) is 29.0 Å². The van der Waals surface area contributed by atoms with E-state index in [9.17, 15) is 4.79 Å². The number of benzene rings is 1. The minimum atomic E-state index is 0.155. The highest BCUT2D eigenvalue weighted by molar-refractivity contribution is 5.80. The molecule has 1 aromatic carbocycles. The number of carbonyl (C=O) groups is 1. The average molecular weight is 175 g/mol. The quantitative estimate of drug-likeness (QED) is 0.700. The van der Waals surface area contributed by atoms with E-state index < -0.39 is 0 Å². The Morgan fingerprint density at radius 1 is 1.54 bits per heavy atom. The summed E-state index contributed by atoms with van der Waals surface area (Å²) in [5.74, 6) is 0.155. The summed E-state index contributed by atoms with van der Waals surface area (Å²) in [6.07, 6.45) is 1.87. The lowest BCUT2D eigenvalue weighted by Crippen LogP contribution is -1.95. The zero-order valence-corrected chi connectivity index (χ0v) is 7.28. The molecule has 0 atom stereocenters. The largest absolute Gasteiger partial charge is 0.443 e. The van der Waals surface area contributed by atoms with Crippen molar-refractivity contribution in [2.24, 2.45) is 0 Å². The molecule has 0 radical (unpaired) electrons. The highest BCUT2D eigenvalue weighted by Gasteiger charge is 2.01. The van der Waals surface area contributed by atoms with Crippen LogP contribution in [0.4, 0.5) is 0 Å². The Bertz CT molecular complexity index is 445. The maximum atomic E-state index is 10.8. The molecule has 0 bridgehead atoms. The molecule has 2 rings (SSSR count). The number of oxazole rings is 1. The Morgan fingerprint density at radius 3 is 3.15 bits per heavy atom. The van der Waals surface area contributed by atoms with E-state index in [-0.39, 0.29) is 5.78 Å². The van der Waals surface area contributed by atoms with Crippen molar-refractivity contribution < 1.29 is 9.21 Å². The number of hydrogen-bond acceptors (Lipinski definition) is 3. The van der Waals surface area contributed by atoms with E-state index in [1.165, 1.54) is 6.39 Å². The van der Waals surface area contributed by atoms with E-state index in [0.29, 0.717) is 6.42 Å². The van der Waals surface area contributed by atoms with Crippen LogP contribution in [-0.4, -0.2) is 10.8 Å². The lowest BCUT2D eigenvalue weighted by molar-refractivity contribution is -0.116. The fourth-order valence-corrected chi connectivity index (χ4v) is 1.30. The minimum absolute atomic E-state index is 0.155. The second-order valence-corrected chi connectivity index (χ2v) is 3.03. The second kappa shape index (κ2) is 3.01. The van der Waals surface area contributed by atoms with E-state index in [4.69, 9.17) is 4.42 Å². The Balaban J connectivity index is 2.42. The first-order valence-electron chi connectivity index (χ1n) is 4.07. The fraction of sp³-hybridized carbons (Fsp3) is 0.200. The molecule has 0 fully saturated rings. The lowest BCUT2D eigenvalue weighted by atomic mass is 10.1. The second-order valence-electron chi connectivity index (χ2n) is 3.03. The van der Waals surface area contributed by atoms with Crippen LogP contribution < -0.4 is 0 Å². The van der Waals surface area contributed by atoms with Gasteiger partial charge in [-0.1, -0.05) is 6.07 Å². The van der Waals surface area contributed by atoms with Gasteiger partial charge in [0.05, 0.1) is 0 Å². The van der Waals surface area contributed by atoms with Crippen molar-refractivity contribution in [3.05, 3.63) is 30.2 Å². The van der Waals surface area contributed by atoms with Gasteiger partial charge in [0.2, 0.25) is 0 Å². The van der Waals surface area contributed by atoms with Gasteiger partial charge in [-0.05, 0) is 24.6 Å². The van der Waals surface area contributed by atoms with Gasteiger partial charge in [-0.2, -0.15) is 0 Å². The molecule has 0 unspecified atom stereocenters. The summed E-state index contributed by atoms with van der Waals surface area (Å²) < 4.78 is 5.08. The highest BCUT2D eigenvalue weighted by atomic mass is 16.3. The summed E-state index contributed by atoms with van der Waals surface area (Å²) in [4.78, 5) is 14.9. The molecule has 0 amide bonds. The van der Waals surface area contributed by atoms with Crippen LogP contribution in [-0.2, 0) is 11.2 Å². The van der Waals surface area contributed by atoms with Crippen LogP contribution in [0.1, 0.15) is 12.5 Å². The third kappa shape index (κ3) is 1.59. The van der Waals surface area contributed by atoms with Crippen LogP contribution in [0.2, 0.25) is 0 Å². The standard InChI is InChI=1S/C10H9NO2/c1-7(12)4-8-2-3-10-9(5-8)11-6-13-10/h2-3,5-6H,4H2,1H3. The normalized spacial score (nSPS) is 10.5. The molecule has 0 aliphatic heterocycles. The summed E-state index contributed by atoms with van der Waals surface area (Å²) in [6, 6.07) is 5.59. The van der Waals surface area contributed by atoms with Gasteiger partial charge in [-0.15, -0.1) is 0 Å². The van der Waals surface area contributed by atoms with Gasteiger partial charge in [0.15, 0.2) is 12.0 Å². The van der Waals surface area contributed by atoms with Gasteiger partial charge < -0.3 is 4.42 Å². The first-order valence-corrected chi connectivity index (χ1v) is 4.07. The average Bonchev–Trinajstić information content (AvgIpc) is 2.49. The predicted octanol–water partition coefficient (Wildman–Crippen LogP) is 1.96. The van der Waals surface area contributed by atoms with E-state index >= 15 is 0 Å². The Kier molecular flexibility index (Phi) is 1.85. The molecule has 2 aromatic rings. The molecule has 66 valence electrons. The number of Topliss-reactive ketones (excluding diaryl/α,β-unsaturated/α-hetero) is 1. The Labute approximate surface area is 75.4 Å². The molecule has 0 saturated heterocycles. The van der Waals surface area contributed by atoms with Crippen molar-refractivity contribution >= 4 is 16.9 Å². The SMILES string of the molecule is CC(=O)Cc1ccc2ocnc2c1. The van der Waals surface area contributed by atoms with E-state index in [0.717, 1.165) is 16.7 Å². The van der Waals surface area contributed by atoms with Crippen molar-refractivity contribution in [1.82, 2.24) is 4.98 Å². The summed E-state index contributed by atoms with van der Waals surface area (Å²) in [7, 11) is 0. The monoisotopic (exact) mass is 175 g/mol. The number of aromatic nitrogens is 1. The summed E-state index contributed by atoms with van der Waals surface area (Å²) in [5, 5.41) is 0. The number of fused-ring (bicyclic) bond motifs is 1. The Hall–Kier alpha value is -1.64. The summed E-state index contributed by atoms with van der Waals surface area (Å²) >= 11 is 0. The van der Waals surface area contributed by atoms with E-state index in [1.807, 2.05) is 18.2 Å². The fourth-order valence-electron chi connectivity index (χ4n) is 1.30. The molecular formula is C10H9NO2. The molecule has 1 heterocycles. The van der Waals surface area contributed by atoms with Crippen LogP contribution in [0.25, 0.3) is 11.1 Å². The molecule has 0 aliphatic carbocycles. The van der Waals surface area contributed by atoms with E-state index in [1.54, 1.807) is 6.92 Å². The minimum Gasteiger partial charge on any atom is -0.443 e. The van der Waals surface area contributed by atoms with Crippen molar-refractivity contribution in [3.63, 3.8) is 0 Å². The summed E-state index contributed by atoms with van der Waals surface area (Å²) in [5.41, 5.74) is 2.54. The molecule has 0 aliphatic rings. The lowest BCUT2D eigenvalue weighted by Gasteiger charge is -1.95. The highest BCUT2D eigenvalue weighted by Crippen LogP contribution is 2.14. The first-order chi connectivity index (χ1) is 6.25. The van der Waals surface area contributed by atoms with Crippen LogP contribution in [0.3, 0.4) is 0 Å². The van der Waals surface area contributed by atoms with Gasteiger partial charge in [0, 0.05) is 6.42 Å².